The Morgan fingerprint density at radius 1 is 0.778 bits per heavy atom. The van der Waals surface area contributed by atoms with Crippen LogP contribution < -0.4 is 9.47 Å². The highest BCUT2D eigenvalue weighted by Crippen LogP contribution is 2.49. The summed E-state index contributed by atoms with van der Waals surface area (Å²) in [6.07, 6.45) is 6.17. The molecule has 188 valence electrons. The second-order valence-corrected chi connectivity index (χ2v) is 10.6. The van der Waals surface area contributed by atoms with Crippen molar-refractivity contribution in [3.05, 3.63) is 94.5 Å². The monoisotopic (exact) mass is 484 g/mol. The maximum atomic E-state index is 13.4. The zero-order valence-electron chi connectivity index (χ0n) is 21.8. The number of ether oxygens (including phenoxy) is 2. The van der Waals surface area contributed by atoms with Gasteiger partial charge in [0.15, 0.2) is 11.5 Å². The number of hydrogen-bond acceptors (Lipinski definition) is 4. The average molecular weight is 485 g/mol. The quantitative estimate of drug-likeness (QED) is 0.262. The minimum Gasteiger partial charge on any atom is -0.419 e. The second kappa shape index (κ2) is 11.1. The van der Waals surface area contributed by atoms with Crippen molar-refractivity contribution < 1.29 is 19.1 Å². The van der Waals surface area contributed by atoms with E-state index < -0.39 is 11.9 Å². The van der Waals surface area contributed by atoms with Crippen molar-refractivity contribution in [1.82, 2.24) is 0 Å². The molecule has 0 aliphatic heterocycles. The highest BCUT2D eigenvalue weighted by atomic mass is 16.6. The summed E-state index contributed by atoms with van der Waals surface area (Å²) in [5.41, 5.74) is 3.78. The first-order chi connectivity index (χ1) is 17.3. The maximum absolute atomic E-state index is 13.4. The second-order valence-electron chi connectivity index (χ2n) is 10.6. The fraction of sp³-hybridized carbons (Fsp3) is 0.375. The predicted octanol–water partition coefficient (Wildman–Crippen LogP) is 8.03. The summed E-state index contributed by atoms with van der Waals surface area (Å²) in [7, 11) is 0. The first-order valence-corrected chi connectivity index (χ1v) is 13.0. The third kappa shape index (κ3) is 5.70. The fourth-order valence-corrected chi connectivity index (χ4v) is 5.05. The van der Waals surface area contributed by atoms with Crippen molar-refractivity contribution in [3.63, 3.8) is 0 Å². The van der Waals surface area contributed by atoms with Gasteiger partial charge in [0.05, 0.1) is 11.1 Å². The molecular weight excluding hydrogens is 448 g/mol. The van der Waals surface area contributed by atoms with Crippen LogP contribution in [0.15, 0.2) is 66.7 Å². The molecule has 3 aromatic carbocycles. The van der Waals surface area contributed by atoms with Gasteiger partial charge < -0.3 is 9.47 Å². The highest BCUT2D eigenvalue weighted by Gasteiger charge is 2.33. The van der Waals surface area contributed by atoms with Crippen LogP contribution in [0.1, 0.15) is 103 Å². The summed E-state index contributed by atoms with van der Waals surface area (Å²) in [5, 5.41) is 0. The van der Waals surface area contributed by atoms with E-state index in [1.54, 1.807) is 24.3 Å². The van der Waals surface area contributed by atoms with Gasteiger partial charge >= 0.3 is 11.9 Å². The van der Waals surface area contributed by atoms with E-state index in [1.807, 2.05) is 43.3 Å². The number of carbonyl (C=O) groups is 2. The third-order valence-electron chi connectivity index (χ3n) is 6.96. The Morgan fingerprint density at radius 3 is 1.75 bits per heavy atom. The molecule has 0 unspecified atom stereocenters. The van der Waals surface area contributed by atoms with E-state index in [-0.39, 0.29) is 11.3 Å². The summed E-state index contributed by atoms with van der Waals surface area (Å²) < 4.78 is 12.3. The molecule has 0 heterocycles. The number of carbonyl (C=O) groups excluding carboxylic acids is 2. The molecule has 0 bridgehead atoms. The van der Waals surface area contributed by atoms with Gasteiger partial charge in [-0.2, -0.15) is 0 Å². The Hall–Kier alpha value is -3.40. The molecular formula is C32H36O4. The standard InChI is InChI=1S/C32H36O4/c1-5-22-21-26(32(2,3)4)27(23-15-9-6-10-16-23)29(36-31(34)25-19-13-8-14-20-25)28(22)35-30(33)24-17-11-7-12-18-24/h7-8,11-14,17-21,23H,5-6,9-10,15-16H2,1-4H3. The van der Waals surface area contributed by atoms with Gasteiger partial charge in [0.1, 0.15) is 0 Å². The molecule has 0 saturated heterocycles. The van der Waals surface area contributed by atoms with Crippen LogP contribution in [0, 0.1) is 0 Å². The summed E-state index contributed by atoms with van der Waals surface area (Å²) in [6.45, 7) is 8.59. The van der Waals surface area contributed by atoms with E-state index >= 15 is 0 Å². The summed E-state index contributed by atoms with van der Waals surface area (Å²) in [6, 6.07) is 20.1. The van der Waals surface area contributed by atoms with Crippen LogP contribution in [0.25, 0.3) is 0 Å². The molecule has 1 fully saturated rings. The van der Waals surface area contributed by atoms with E-state index in [0.29, 0.717) is 29.0 Å². The number of esters is 2. The summed E-state index contributed by atoms with van der Waals surface area (Å²) in [4.78, 5) is 26.6. The van der Waals surface area contributed by atoms with Crippen LogP contribution in [0.4, 0.5) is 0 Å². The van der Waals surface area contributed by atoms with Crippen molar-refractivity contribution in [3.8, 4) is 11.5 Å². The first-order valence-electron chi connectivity index (χ1n) is 13.0. The number of hydrogen-bond donors (Lipinski definition) is 0. The topological polar surface area (TPSA) is 52.6 Å². The molecule has 0 atom stereocenters. The van der Waals surface area contributed by atoms with Crippen LogP contribution in [0.5, 0.6) is 11.5 Å². The van der Waals surface area contributed by atoms with Gasteiger partial charge in [-0.15, -0.1) is 0 Å². The van der Waals surface area contributed by atoms with Crippen molar-refractivity contribution >= 4 is 11.9 Å². The van der Waals surface area contributed by atoms with Crippen molar-refractivity contribution in [2.24, 2.45) is 0 Å². The third-order valence-corrected chi connectivity index (χ3v) is 6.96. The van der Waals surface area contributed by atoms with Gasteiger partial charge in [0.2, 0.25) is 0 Å². The molecule has 0 aromatic heterocycles. The Bertz CT molecular complexity index is 1200. The van der Waals surface area contributed by atoms with Crippen LogP contribution in [-0.4, -0.2) is 11.9 Å². The molecule has 3 aromatic rings. The summed E-state index contributed by atoms with van der Waals surface area (Å²) >= 11 is 0. The molecule has 4 heteroatoms. The molecule has 1 aliphatic rings. The van der Waals surface area contributed by atoms with E-state index in [1.165, 1.54) is 6.42 Å². The minimum atomic E-state index is -0.458. The summed E-state index contributed by atoms with van der Waals surface area (Å²) in [5.74, 6) is 0.110. The molecule has 0 N–H and O–H groups in total. The molecule has 1 aliphatic carbocycles. The zero-order chi connectivity index (χ0) is 25.7. The van der Waals surface area contributed by atoms with E-state index in [9.17, 15) is 9.59 Å². The Balaban J connectivity index is 1.91. The highest BCUT2D eigenvalue weighted by molar-refractivity contribution is 5.94. The molecule has 4 nitrogen and oxygen atoms in total. The zero-order valence-corrected chi connectivity index (χ0v) is 21.8. The lowest BCUT2D eigenvalue weighted by molar-refractivity contribution is 0.0678. The Kier molecular flexibility index (Phi) is 7.93. The molecule has 0 radical (unpaired) electrons. The lowest BCUT2D eigenvalue weighted by Crippen LogP contribution is -2.22. The minimum absolute atomic E-state index is 0.174. The van der Waals surface area contributed by atoms with Gasteiger partial charge in [-0.25, -0.2) is 9.59 Å². The first kappa shape index (κ1) is 25.7. The van der Waals surface area contributed by atoms with Crippen LogP contribution in [0.3, 0.4) is 0 Å². The van der Waals surface area contributed by atoms with Crippen molar-refractivity contribution in [1.29, 1.82) is 0 Å². The van der Waals surface area contributed by atoms with Gasteiger partial charge in [0, 0.05) is 5.56 Å². The molecule has 1 saturated carbocycles. The van der Waals surface area contributed by atoms with Gasteiger partial charge in [0.25, 0.3) is 0 Å². The molecule has 4 rings (SSSR count). The normalized spacial score (nSPS) is 14.3. The van der Waals surface area contributed by atoms with E-state index in [0.717, 1.165) is 42.4 Å². The lowest BCUT2D eigenvalue weighted by Gasteiger charge is -2.33. The maximum Gasteiger partial charge on any atom is 0.343 e. The lowest BCUT2D eigenvalue weighted by atomic mass is 9.74. The molecule has 0 spiro atoms. The smallest absolute Gasteiger partial charge is 0.343 e. The van der Waals surface area contributed by atoms with Gasteiger partial charge in [-0.05, 0) is 66.0 Å². The fourth-order valence-electron chi connectivity index (χ4n) is 5.05. The van der Waals surface area contributed by atoms with E-state index in [4.69, 9.17) is 9.47 Å². The average Bonchev–Trinajstić information content (AvgIpc) is 2.90. The number of rotatable bonds is 6. The van der Waals surface area contributed by atoms with Crippen molar-refractivity contribution in [2.75, 3.05) is 0 Å². The van der Waals surface area contributed by atoms with Gasteiger partial charge in [-0.3, -0.25) is 0 Å². The largest absolute Gasteiger partial charge is 0.419 e. The van der Waals surface area contributed by atoms with Gasteiger partial charge in [-0.1, -0.05) is 89.4 Å². The van der Waals surface area contributed by atoms with Crippen molar-refractivity contribution in [2.45, 2.75) is 77.6 Å². The Labute approximate surface area is 214 Å². The predicted molar refractivity (Wildman–Crippen MR) is 143 cm³/mol. The SMILES string of the molecule is CCc1cc(C(C)(C)C)c(C2CCCCC2)c(OC(=O)c2ccccc2)c1OC(=O)c1ccccc1. The number of benzene rings is 3. The van der Waals surface area contributed by atoms with Crippen LogP contribution >= 0.6 is 0 Å². The number of aryl methyl sites for hydroxylation is 1. The molecule has 36 heavy (non-hydrogen) atoms. The van der Waals surface area contributed by atoms with Crippen LogP contribution in [-0.2, 0) is 11.8 Å². The van der Waals surface area contributed by atoms with Crippen LogP contribution in [0.2, 0.25) is 0 Å². The Morgan fingerprint density at radius 2 is 1.28 bits per heavy atom. The molecule has 0 amide bonds. The van der Waals surface area contributed by atoms with E-state index in [2.05, 4.69) is 26.8 Å².